The first-order chi connectivity index (χ1) is 11.0. The zero-order valence-corrected chi connectivity index (χ0v) is 13.7. The molecule has 1 aromatic carbocycles. The van der Waals surface area contributed by atoms with Crippen LogP contribution in [0.5, 0.6) is 0 Å². The van der Waals surface area contributed by atoms with Crippen molar-refractivity contribution in [2.75, 3.05) is 6.54 Å². The molecule has 0 unspecified atom stereocenters. The first kappa shape index (κ1) is 17.0. The Labute approximate surface area is 136 Å². The number of hydrogen-bond acceptors (Lipinski definition) is 2. The molecule has 2 aromatic rings. The maximum absolute atomic E-state index is 13.0. The highest BCUT2D eigenvalue weighted by Gasteiger charge is 2.21. The van der Waals surface area contributed by atoms with Gasteiger partial charge in [-0.15, -0.1) is 0 Å². The highest BCUT2D eigenvalue weighted by atomic mass is 19.1. The molecule has 1 aromatic heterocycles. The van der Waals surface area contributed by atoms with Crippen LogP contribution in [-0.2, 0) is 6.54 Å². The van der Waals surface area contributed by atoms with Crippen LogP contribution >= 0.6 is 0 Å². The largest absolute Gasteiger partial charge is 0.335 e. The molecular formula is C17H23FN4O. The number of rotatable bonds is 6. The van der Waals surface area contributed by atoms with E-state index in [0.717, 1.165) is 5.56 Å². The third-order valence-corrected chi connectivity index (χ3v) is 3.84. The van der Waals surface area contributed by atoms with Gasteiger partial charge in [0.25, 0.3) is 0 Å². The lowest BCUT2D eigenvalue weighted by atomic mass is 10.1. The first-order valence-corrected chi connectivity index (χ1v) is 7.79. The molecule has 5 nitrogen and oxygen atoms in total. The van der Waals surface area contributed by atoms with Crippen molar-refractivity contribution < 1.29 is 9.18 Å². The highest BCUT2D eigenvalue weighted by Crippen LogP contribution is 2.20. The molecule has 23 heavy (non-hydrogen) atoms. The van der Waals surface area contributed by atoms with Crippen molar-refractivity contribution in [1.29, 1.82) is 0 Å². The van der Waals surface area contributed by atoms with Crippen LogP contribution < -0.4 is 5.32 Å². The molecule has 1 N–H and O–H groups in total. The number of aromatic nitrogens is 2. The summed E-state index contributed by atoms with van der Waals surface area (Å²) in [5, 5.41) is 3.00. The molecule has 0 spiro atoms. The summed E-state index contributed by atoms with van der Waals surface area (Å²) in [4.78, 5) is 18.2. The monoisotopic (exact) mass is 318 g/mol. The molecular weight excluding hydrogens is 295 g/mol. The van der Waals surface area contributed by atoms with Crippen molar-refractivity contribution in [2.45, 2.75) is 39.4 Å². The molecule has 2 rings (SSSR count). The van der Waals surface area contributed by atoms with Gasteiger partial charge in [0.05, 0.1) is 12.4 Å². The van der Waals surface area contributed by atoms with Crippen molar-refractivity contribution in [2.24, 2.45) is 0 Å². The number of halogens is 1. The summed E-state index contributed by atoms with van der Waals surface area (Å²) in [7, 11) is 0. The van der Waals surface area contributed by atoms with E-state index in [1.54, 1.807) is 29.6 Å². The van der Waals surface area contributed by atoms with Gasteiger partial charge in [-0.1, -0.05) is 12.1 Å². The van der Waals surface area contributed by atoms with Gasteiger partial charge < -0.3 is 14.8 Å². The summed E-state index contributed by atoms with van der Waals surface area (Å²) in [5.41, 5.74) is 0.908. The third-order valence-electron chi connectivity index (χ3n) is 3.84. The first-order valence-electron chi connectivity index (χ1n) is 7.79. The zero-order chi connectivity index (χ0) is 16.8. The van der Waals surface area contributed by atoms with Gasteiger partial charge in [-0.25, -0.2) is 14.2 Å². The molecule has 0 fully saturated rings. The molecule has 0 bridgehead atoms. The molecule has 6 heteroatoms. The number of urea groups is 1. The number of carbonyl (C=O) groups is 1. The Balaban J connectivity index is 1.98. The van der Waals surface area contributed by atoms with E-state index in [-0.39, 0.29) is 23.9 Å². The SMILES string of the molecule is CCN(C(=O)N[C@H](C)Cn1ccnc1)[C@@H](C)c1ccc(F)cc1. The second kappa shape index (κ2) is 7.76. The van der Waals surface area contributed by atoms with Crippen molar-refractivity contribution >= 4 is 6.03 Å². The smallest absolute Gasteiger partial charge is 0.318 e. The predicted octanol–water partition coefficient (Wildman–Crippen LogP) is 3.20. The lowest BCUT2D eigenvalue weighted by molar-refractivity contribution is 0.178. The second-order valence-corrected chi connectivity index (χ2v) is 5.62. The Morgan fingerprint density at radius 1 is 1.35 bits per heavy atom. The zero-order valence-electron chi connectivity index (χ0n) is 13.7. The van der Waals surface area contributed by atoms with Crippen LogP contribution in [0.25, 0.3) is 0 Å². The molecule has 0 radical (unpaired) electrons. The Hall–Kier alpha value is -2.37. The van der Waals surface area contributed by atoms with E-state index in [2.05, 4.69) is 10.3 Å². The van der Waals surface area contributed by atoms with E-state index >= 15 is 0 Å². The number of carbonyl (C=O) groups excluding carboxylic acids is 1. The summed E-state index contributed by atoms with van der Waals surface area (Å²) in [6.07, 6.45) is 5.30. The summed E-state index contributed by atoms with van der Waals surface area (Å²) >= 11 is 0. The van der Waals surface area contributed by atoms with Gasteiger partial charge >= 0.3 is 6.03 Å². The standard InChI is InChI=1S/C17H23FN4O/c1-4-22(14(3)15-5-7-16(18)8-6-15)17(23)20-13(2)11-21-10-9-19-12-21/h5-10,12-14H,4,11H2,1-3H3,(H,20,23)/t13-,14+/m1/s1. The minimum Gasteiger partial charge on any atom is -0.335 e. The number of nitrogens with one attached hydrogen (secondary N) is 1. The fourth-order valence-electron chi connectivity index (χ4n) is 2.56. The van der Waals surface area contributed by atoms with E-state index in [0.29, 0.717) is 13.1 Å². The average Bonchev–Trinajstić information content (AvgIpc) is 3.01. The van der Waals surface area contributed by atoms with Gasteiger partial charge in [0.15, 0.2) is 0 Å². The molecule has 2 atom stereocenters. The Morgan fingerprint density at radius 2 is 2.04 bits per heavy atom. The minimum atomic E-state index is -0.276. The predicted molar refractivity (Wildman–Crippen MR) is 87.4 cm³/mol. The average molecular weight is 318 g/mol. The van der Waals surface area contributed by atoms with Crippen LogP contribution in [0.4, 0.5) is 9.18 Å². The molecule has 124 valence electrons. The number of hydrogen-bond donors (Lipinski definition) is 1. The van der Waals surface area contributed by atoms with E-state index in [4.69, 9.17) is 0 Å². The summed E-state index contributed by atoms with van der Waals surface area (Å²) in [6.45, 7) is 7.06. The van der Waals surface area contributed by atoms with Gasteiger partial charge in [0.1, 0.15) is 5.82 Å². The fraction of sp³-hybridized carbons (Fsp3) is 0.412. The number of amides is 2. The second-order valence-electron chi connectivity index (χ2n) is 5.62. The molecule has 0 saturated carbocycles. The van der Waals surface area contributed by atoms with Crippen molar-refractivity contribution in [3.8, 4) is 0 Å². The van der Waals surface area contributed by atoms with Crippen LogP contribution in [-0.4, -0.2) is 33.1 Å². The lowest BCUT2D eigenvalue weighted by Gasteiger charge is -2.30. The maximum Gasteiger partial charge on any atom is 0.318 e. The quantitative estimate of drug-likeness (QED) is 0.889. The van der Waals surface area contributed by atoms with Crippen LogP contribution in [0.3, 0.4) is 0 Å². The molecule has 0 aliphatic heterocycles. The minimum absolute atomic E-state index is 0.0221. The summed E-state index contributed by atoms with van der Waals surface area (Å²) in [5.74, 6) is -0.276. The van der Waals surface area contributed by atoms with Gasteiger partial charge in [0, 0.05) is 31.5 Å². The maximum atomic E-state index is 13.0. The topological polar surface area (TPSA) is 50.2 Å². The Kier molecular flexibility index (Phi) is 5.73. The number of benzene rings is 1. The number of nitrogens with zero attached hydrogens (tertiary/aromatic N) is 3. The molecule has 0 saturated heterocycles. The van der Waals surface area contributed by atoms with Crippen LogP contribution in [0.2, 0.25) is 0 Å². The fourth-order valence-corrected chi connectivity index (χ4v) is 2.56. The lowest BCUT2D eigenvalue weighted by Crippen LogP contribution is -2.46. The molecule has 1 heterocycles. The van der Waals surface area contributed by atoms with Gasteiger partial charge in [-0.2, -0.15) is 0 Å². The van der Waals surface area contributed by atoms with Crippen LogP contribution in [0.15, 0.2) is 43.0 Å². The number of imidazole rings is 1. The van der Waals surface area contributed by atoms with Crippen LogP contribution in [0, 0.1) is 5.82 Å². The van der Waals surface area contributed by atoms with E-state index < -0.39 is 0 Å². The van der Waals surface area contributed by atoms with Crippen molar-refractivity contribution in [3.63, 3.8) is 0 Å². The van der Waals surface area contributed by atoms with E-state index in [1.165, 1.54) is 12.1 Å². The molecule has 0 aliphatic carbocycles. The Bertz CT molecular complexity index is 612. The van der Waals surface area contributed by atoms with Gasteiger partial charge in [-0.3, -0.25) is 0 Å². The normalized spacial score (nSPS) is 13.4. The Morgan fingerprint density at radius 3 is 2.61 bits per heavy atom. The summed E-state index contributed by atoms with van der Waals surface area (Å²) in [6, 6.07) is 5.98. The van der Waals surface area contributed by atoms with E-state index in [1.807, 2.05) is 31.5 Å². The van der Waals surface area contributed by atoms with Gasteiger partial charge in [0.2, 0.25) is 0 Å². The molecule has 2 amide bonds. The van der Waals surface area contributed by atoms with E-state index in [9.17, 15) is 9.18 Å². The van der Waals surface area contributed by atoms with Crippen molar-refractivity contribution in [3.05, 3.63) is 54.4 Å². The third kappa shape index (κ3) is 4.55. The van der Waals surface area contributed by atoms with Crippen molar-refractivity contribution in [1.82, 2.24) is 19.8 Å². The van der Waals surface area contributed by atoms with Gasteiger partial charge in [-0.05, 0) is 38.5 Å². The highest BCUT2D eigenvalue weighted by molar-refractivity contribution is 5.75. The molecule has 0 aliphatic rings. The summed E-state index contributed by atoms with van der Waals surface area (Å²) < 4.78 is 15.0. The van der Waals surface area contributed by atoms with Crippen LogP contribution in [0.1, 0.15) is 32.4 Å².